The number of aryl methyl sites for hydroxylation is 1. The molecule has 0 saturated carbocycles. The number of ketones is 1. The molecule has 14 heavy (non-hydrogen) atoms. The minimum absolute atomic E-state index is 0.0947. The molecule has 0 bridgehead atoms. The molecule has 2 nitrogen and oxygen atoms in total. The molecular formula is C12H17NO. The molecule has 0 heterocycles. The van der Waals surface area contributed by atoms with E-state index in [9.17, 15) is 4.79 Å². The van der Waals surface area contributed by atoms with E-state index < -0.39 is 0 Å². The highest BCUT2D eigenvalue weighted by Crippen LogP contribution is 2.06. The van der Waals surface area contributed by atoms with Gasteiger partial charge < -0.3 is 5.32 Å². The van der Waals surface area contributed by atoms with Gasteiger partial charge >= 0.3 is 0 Å². The van der Waals surface area contributed by atoms with Crippen LogP contribution < -0.4 is 5.32 Å². The number of nitrogens with one attached hydrogen (secondary N) is 1. The summed E-state index contributed by atoms with van der Waals surface area (Å²) in [5.41, 5.74) is 1.96. The smallest absolute Gasteiger partial charge is 0.179 e. The van der Waals surface area contributed by atoms with Crippen molar-refractivity contribution in [3.8, 4) is 0 Å². The molecule has 0 spiro atoms. The lowest BCUT2D eigenvalue weighted by Gasteiger charge is -2.10. The van der Waals surface area contributed by atoms with Gasteiger partial charge in [-0.1, -0.05) is 36.8 Å². The van der Waals surface area contributed by atoms with Crippen LogP contribution in [0.25, 0.3) is 0 Å². The second-order valence-electron chi connectivity index (χ2n) is 3.51. The van der Waals surface area contributed by atoms with Crippen LogP contribution in [0.5, 0.6) is 0 Å². The summed E-state index contributed by atoms with van der Waals surface area (Å²) >= 11 is 0. The van der Waals surface area contributed by atoms with Crippen LogP contribution in [-0.4, -0.2) is 18.4 Å². The lowest BCUT2D eigenvalue weighted by Crippen LogP contribution is -2.33. The van der Waals surface area contributed by atoms with Crippen LogP contribution in [0.2, 0.25) is 0 Å². The first-order valence-electron chi connectivity index (χ1n) is 4.99. The maximum Gasteiger partial charge on any atom is 0.179 e. The van der Waals surface area contributed by atoms with Crippen LogP contribution in [0.3, 0.4) is 0 Å². The van der Waals surface area contributed by atoms with Gasteiger partial charge in [0.25, 0.3) is 0 Å². The maximum atomic E-state index is 11.8. The second-order valence-corrected chi connectivity index (χ2v) is 3.51. The zero-order chi connectivity index (χ0) is 10.6. The second kappa shape index (κ2) is 4.91. The Labute approximate surface area is 85.3 Å². The molecular weight excluding hydrogens is 174 g/mol. The number of carbonyl (C=O) groups is 1. The van der Waals surface area contributed by atoms with E-state index >= 15 is 0 Å². The molecule has 1 rings (SSSR count). The first kappa shape index (κ1) is 10.9. The van der Waals surface area contributed by atoms with Gasteiger partial charge in [-0.05, 0) is 20.4 Å². The van der Waals surface area contributed by atoms with Crippen molar-refractivity contribution >= 4 is 5.78 Å². The molecule has 0 fully saturated rings. The minimum atomic E-state index is -0.0947. The van der Waals surface area contributed by atoms with Crippen molar-refractivity contribution in [2.75, 3.05) is 6.54 Å². The molecule has 1 aromatic rings. The molecule has 0 amide bonds. The summed E-state index contributed by atoms with van der Waals surface area (Å²) in [4.78, 5) is 11.8. The zero-order valence-corrected chi connectivity index (χ0v) is 9.00. The maximum absolute atomic E-state index is 11.8. The Morgan fingerprint density at radius 1 is 1.36 bits per heavy atom. The quantitative estimate of drug-likeness (QED) is 0.739. The molecule has 1 aromatic carbocycles. The Hall–Kier alpha value is -1.15. The van der Waals surface area contributed by atoms with Gasteiger partial charge in [-0.15, -0.1) is 0 Å². The molecule has 0 saturated heterocycles. The Morgan fingerprint density at radius 2 is 1.93 bits per heavy atom. The number of benzene rings is 1. The van der Waals surface area contributed by atoms with Crippen molar-refractivity contribution in [1.29, 1.82) is 0 Å². The van der Waals surface area contributed by atoms with Crippen molar-refractivity contribution in [2.24, 2.45) is 0 Å². The first-order valence-corrected chi connectivity index (χ1v) is 4.99. The van der Waals surface area contributed by atoms with Gasteiger partial charge in [0.2, 0.25) is 0 Å². The first-order chi connectivity index (χ1) is 6.65. The fourth-order valence-electron chi connectivity index (χ4n) is 1.37. The van der Waals surface area contributed by atoms with Crippen LogP contribution in [-0.2, 0) is 0 Å². The van der Waals surface area contributed by atoms with E-state index in [4.69, 9.17) is 0 Å². The molecule has 0 radical (unpaired) electrons. The van der Waals surface area contributed by atoms with Crippen LogP contribution in [0.1, 0.15) is 29.8 Å². The van der Waals surface area contributed by atoms with Gasteiger partial charge in [0.1, 0.15) is 0 Å². The van der Waals surface area contributed by atoms with Crippen LogP contribution in [0.15, 0.2) is 24.3 Å². The normalized spacial score (nSPS) is 12.5. The summed E-state index contributed by atoms with van der Waals surface area (Å²) in [6, 6.07) is 7.59. The Morgan fingerprint density at radius 3 is 2.43 bits per heavy atom. The lowest BCUT2D eigenvalue weighted by molar-refractivity contribution is 0.0952. The topological polar surface area (TPSA) is 29.1 Å². The monoisotopic (exact) mass is 191 g/mol. The summed E-state index contributed by atoms with van der Waals surface area (Å²) in [7, 11) is 0. The average molecular weight is 191 g/mol. The van der Waals surface area contributed by atoms with Gasteiger partial charge in [0.05, 0.1) is 6.04 Å². The van der Waals surface area contributed by atoms with Crippen LogP contribution in [0, 0.1) is 6.92 Å². The van der Waals surface area contributed by atoms with Gasteiger partial charge in [-0.3, -0.25) is 4.79 Å². The van der Waals surface area contributed by atoms with Crippen LogP contribution in [0.4, 0.5) is 0 Å². The van der Waals surface area contributed by atoms with E-state index in [0.29, 0.717) is 0 Å². The number of carbonyl (C=O) groups excluding carboxylic acids is 1. The summed E-state index contributed by atoms with van der Waals surface area (Å²) in [6.07, 6.45) is 0. The van der Waals surface area contributed by atoms with E-state index in [1.54, 1.807) is 0 Å². The fourth-order valence-corrected chi connectivity index (χ4v) is 1.37. The SMILES string of the molecule is CCN[C@@H](C)C(=O)c1ccc(C)cc1. The summed E-state index contributed by atoms with van der Waals surface area (Å²) < 4.78 is 0. The molecule has 0 aliphatic heterocycles. The Bertz CT molecular complexity index is 303. The largest absolute Gasteiger partial charge is 0.308 e. The van der Waals surface area contributed by atoms with E-state index in [1.807, 2.05) is 45.0 Å². The third-order valence-electron chi connectivity index (χ3n) is 2.24. The predicted molar refractivity (Wildman–Crippen MR) is 58.6 cm³/mol. The Balaban J connectivity index is 2.74. The summed E-state index contributed by atoms with van der Waals surface area (Å²) in [5, 5.41) is 3.11. The molecule has 1 N–H and O–H groups in total. The summed E-state index contributed by atoms with van der Waals surface area (Å²) in [5.74, 6) is 0.159. The van der Waals surface area contributed by atoms with Gasteiger partial charge in [-0.25, -0.2) is 0 Å². The Kier molecular flexibility index (Phi) is 3.84. The van der Waals surface area contributed by atoms with Crippen molar-refractivity contribution in [3.63, 3.8) is 0 Å². The predicted octanol–water partition coefficient (Wildman–Crippen LogP) is 2.18. The number of hydrogen-bond acceptors (Lipinski definition) is 2. The van der Waals surface area contributed by atoms with Crippen molar-refractivity contribution < 1.29 is 4.79 Å². The highest BCUT2D eigenvalue weighted by molar-refractivity contribution is 5.99. The molecule has 0 aliphatic carbocycles. The molecule has 0 unspecified atom stereocenters. The molecule has 0 aliphatic rings. The van der Waals surface area contributed by atoms with Gasteiger partial charge in [0, 0.05) is 5.56 Å². The number of Topliss-reactive ketones (excluding diaryl/α,β-unsaturated/α-hetero) is 1. The molecule has 0 aromatic heterocycles. The molecule has 1 atom stereocenters. The van der Waals surface area contributed by atoms with E-state index in [2.05, 4.69) is 5.32 Å². The van der Waals surface area contributed by atoms with Crippen molar-refractivity contribution in [1.82, 2.24) is 5.32 Å². The molecule has 76 valence electrons. The highest BCUT2D eigenvalue weighted by atomic mass is 16.1. The van der Waals surface area contributed by atoms with Gasteiger partial charge in [-0.2, -0.15) is 0 Å². The highest BCUT2D eigenvalue weighted by Gasteiger charge is 2.12. The van der Waals surface area contributed by atoms with Gasteiger partial charge in [0.15, 0.2) is 5.78 Å². The van der Waals surface area contributed by atoms with Crippen LogP contribution >= 0.6 is 0 Å². The lowest BCUT2D eigenvalue weighted by atomic mass is 10.0. The van der Waals surface area contributed by atoms with Crippen molar-refractivity contribution in [2.45, 2.75) is 26.8 Å². The van der Waals surface area contributed by atoms with E-state index in [1.165, 1.54) is 5.56 Å². The third kappa shape index (κ3) is 2.67. The average Bonchev–Trinajstić information content (AvgIpc) is 2.18. The molecule has 2 heteroatoms. The summed E-state index contributed by atoms with van der Waals surface area (Å²) in [6.45, 7) is 6.73. The standard InChI is InChI=1S/C12H17NO/c1-4-13-10(3)12(14)11-7-5-9(2)6-8-11/h5-8,10,13H,4H2,1-3H3/t10-/m0/s1. The number of hydrogen-bond donors (Lipinski definition) is 1. The minimum Gasteiger partial charge on any atom is -0.308 e. The zero-order valence-electron chi connectivity index (χ0n) is 9.00. The van der Waals surface area contributed by atoms with E-state index in [-0.39, 0.29) is 11.8 Å². The van der Waals surface area contributed by atoms with Crippen molar-refractivity contribution in [3.05, 3.63) is 35.4 Å². The fraction of sp³-hybridized carbons (Fsp3) is 0.417. The third-order valence-corrected chi connectivity index (χ3v) is 2.24. The van der Waals surface area contributed by atoms with E-state index in [0.717, 1.165) is 12.1 Å². The number of rotatable bonds is 4. The number of likely N-dealkylation sites (N-methyl/N-ethyl adjacent to an activating group) is 1.